The SMILES string of the molecule is NS(=O)(=O)c1ccccc1S(=O)(=O)NC(=O)c1ccc(-c2cc3ccccc3o2)c(Br)c1. The van der Waals surface area contributed by atoms with Crippen molar-refractivity contribution in [2.45, 2.75) is 9.79 Å². The topological polar surface area (TPSA) is 137 Å². The average molecular weight is 535 g/mol. The van der Waals surface area contributed by atoms with Crippen LogP contribution in [0.25, 0.3) is 22.3 Å². The molecule has 11 heteroatoms. The molecule has 0 aliphatic carbocycles. The Morgan fingerprint density at radius 3 is 2.19 bits per heavy atom. The summed E-state index contributed by atoms with van der Waals surface area (Å²) in [4.78, 5) is 11.4. The first-order valence-electron chi connectivity index (χ1n) is 9.04. The molecule has 164 valence electrons. The van der Waals surface area contributed by atoms with Gasteiger partial charge in [-0.3, -0.25) is 4.79 Å². The van der Waals surface area contributed by atoms with Crippen molar-refractivity contribution in [1.29, 1.82) is 0 Å². The van der Waals surface area contributed by atoms with Gasteiger partial charge in [0.25, 0.3) is 15.9 Å². The van der Waals surface area contributed by atoms with E-state index in [4.69, 9.17) is 9.56 Å². The number of halogens is 1. The number of nitrogens with two attached hydrogens (primary N) is 1. The number of fused-ring (bicyclic) bond motifs is 1. The van der Waals surface area contributed by atoms with E-state index >= 15 is 0 Å². The Kier molecular flexibility index (Phi) is 5.67. The van der Waals surface area contributed by atoms with Gasteiger partial charge in [0, 0.05) is 21.0 Å². The van der Waals surface area contributed by atoms with Crippen molar-refractivity contribution >= 4 is 52.9 Å². The van der Waals surface area contributed by atoms with Crippen LogP contribution in [0.4, 0.5) is 0 Å². The standard InChI is InChI=1S/C21H15BrN2O6S2/c22-16-11-14(9-10-15(16)18-12-13-5-1-2-6-17(13)30-18)21(25)24-32(28,29)20-8-4-3-7-19(20)31(23,26)27/h1-12H,(H,24,25)(H2,23,26,27). The molecule has 4 aromatic rings. The van der Waals surface area contributed by atoms with Crippen LogP contribution in [0.3, 0.4) is 0 Å². The number of hydrogen-bond donors (Lipinski definition) is 2. The number of hydrogen-bond acceptors (Lipinski definition) is 6. The second-order valence-corrected chi connectivity index (χ2v) is 10.8. The summed E-state index contributed by atoms with van der Waals surface area (Å²) in [6.07, 6.45) is 0. The Bertz CT molecular complexity index is 1540. The fourth-order valence-corrected chi connectivity index (χ4v) is 6.04. The molecule has 0 atom stereocenters. The van der Waals surface area contributed by atoms with Gasteiger partial charge < -0.3 is 4.42 Å². The predicted molar refractivity (Wildman–Crippen MR) is 122 cm³/mol. The molecule has 1 amide bonds. The number of para-hydroxylation sites is 1. The van der Waals surface area contributed by atoms with Gasteiger partial charge in [-0.1, -0.05) is 46.3 Å². The number of carbonyl (C=O) groups excluding carboxylic acids is 1. The van der Waals surface area contributed by atoms with E-state index in [2.05, 4.69) is 15.9 Å². The summed E-state index contributed by atoms with van der Waals surface area (Å²) in [5.41, 5.74) is 1.41. The van der Waals surface area contributed by atoms with Crippen molar-refractivity contribution in [3.63, 3.8) is 0 Å². The summed E-state index contributed by atoms with van der Waals surface area (Å²) in [6, 6.07) is 18.6. The molecule has 0 saturated heterocycles. The maximum atomic E-state index is 12.7. The first-order chi connectivity index (χ1) is 15.1. The molecular weight excluding hydrogens is 520 g/mol. The lowest BCUT2D eigenvalue weighted by Crippen LogP contribution is -2.32. The number of amides is 1. The number of nitrogens with one attached hydrogen (secondary N) is 1. The van der Waals surface area contributed by atoms with Gasteiger partial charge in [-0.15, -0.1) is 0 Å². The first kappa shape index (κ1) is 22.2. The smallest absolute Gasteiger partial charge is 0.265 e. The van der Waals surface area contributed by atoms with E-state index in [0.717, 1.165) is 17.5 Å². The highest BCUT2D eigenvalue weighted by Gasteiger charge is 2.26. The Hall–Kier alpha value is -2.99. The van der Waals surface area contributed by atoms with E-state index in [1.807, 2.05) is 35.1 Å². The lowest BCUT2D eigenvalue weighted by molar-refractivity contribution is 0.0981. The second kappa shape index (κ2) is 8.17. The molecule has 0 fully saturated rings. The number of carbonyl (C=O) groups is 1. The third-order valence-corrected chi connectivity index (χ3v) is 7.74. The Balaban J connectivity index is 1.64. The molecule has 0 aliphatic heterocycles. The van der Waals surface area contributed by atoms with Gasteiger partial charge in [0.2, 0.25) is 10.0 Å². The molecule has 32 heavy (non-hydrogen) atoms. The summed E-state index contributed by atoms with van der Waals surface area (Å²) < 4.78 is 57.0. The lowest BCUT2D eigenvalue weighted by atomic mass is 10.1. The largest absolute Gasteiger partial charge is 0.456 e. The number of primary sulfonamides is 1. The monoisotopic (exact) mass is 534 g/mol. The molecule has 0 bridgehead atoms. The van der Waals surface area contributed by atoms with Crippen LogP contribution in [0.5, 0.6) is 0 Å². The van der Waals surface area contributed by atoms with Crippen molar-refractivity contribution in [3.8, 4) is 11.3 Å². The van der Waals surface area contributed by atoms with Crippen LogP contribution < -0.4 is 9.86 Å². The number of sulfonamides is 2. The molecule has 3 aromatic carbocycles. The lowest BCUT2D eigenvalue weighted by Gasteiger charge is -2.11. The summed E-state index contributed by atoms with van der Waals surface area (Å²) in [5, 5.41) is 6.01. The highest BCUT2D eigenvalue weighted by molar-refractivity contribution is 9.10. The molecular formula is C21H15BrN2O6S2. The zero-order chi connectivity index (χ0) is 23.1. The Labute approximate surface area is 192 Å². The summed E-state index contributed by atoms with van der Waals surface area (Å²) >= 11 is 3.39. The predicted octanol–water partition coefficient (Wildman–Crippen LogP) is 3.63. The van der Waals surface area contributed by atoms with Gasteiger partial charge in [0.15, 0.2) is 0 Å². The van der Waals surface area contributed by atoms with Crippen LogP contribution in [0, 0.1) is 0 Å². The maximum Gasteiger partial charge on any atom is 0.265 e. The molecule has 3 N–H and O–H groups in total. The fraction of sp³-hybridized carbons (Fsp3) is 0. The maximum absolute atomic E-state index is 12.7. The van der Waals surface area contributed by atoms with Crippen LogP contribution in [0.15, 0.2) is 91.5 Å². The minimum absolute atomic E-state index is 0.0356. The summed E-state index contributed by atoms with van der Waals surface area (Å²) in [5.74, 6) is -0.370. The molecule has 4 rings (SSSR count). The quantitative estimate of drug-likeness (QED) is 0.401. The normalized spacial score (nSPS) is 12.1. The number of rotatable bonds is 5. The van der Waals surface area contributed by atoms with Gasteiger partial charge in [-0.05, 0) is 42.5 Å². The molecule has 0 aliphatic rings. The molecule has 1 heterocycles. The minimum atomic E-state index is -4.51. The zero-order valence-electron chi connectivity index (χ0n) is 16.1. The van der Waals surface area contributed by atoms with Gasteiger partial charge in [0.1, 0.15) is 21.1 Å². The highest BCUT2D eigenvalue weighted by Crippen LogP contribution is 2.33. The minimum Gasteiger partial charge on any atom is -0.456 e. The summed E-state index contributed by atoms with van der Waals surface area (Å²) in [7, 11) is -8.83. The van der Waals surface area contributed by atoms with E-state index < -0.39 is 35.7 Å². The highest BCUT2D eigenvalue weighted by atomic mass is 79.9. The van der Waals surface area contributed by atoms with Crippen molar-refractivity contribution in [2.24, 2.45) is 5.14 Å². The first-order valence-corrected chi connectivity index (χ1v) is 12.9. The average Bonchev–Trinajstić information content (AvgIpc) is 3.16. The molecule has 1 aromatic heterocycles. The van der Waals surface area contributed by atoms with Crippen LogP contribution in [-0.2, 0) is 20.0 Å². The molecule has 0 radical (unpaired) electrons. The van der Waals surface area contributed by atoms with Crippen molar-refractivity contribution < 1.29 is 26.0 Å². The third kappa shape index (κ3) is 4.32. The Morgan fingerprint density at radius 2 is 1.53 bits per heavy atom. The van der Waals surface area contributed by atoms with Gasteiger partial charge in [-0.25, -0.2) is 26.7 Å². The van der Waals surface area contributed by atoms with Gasteiger partial charge in [0.05, 0.1) is 0 Å². The van der Waals surface area contributed by atoms with Crippen LogP contribution in [-0.4, -0.2) is 22.7 Å². The number of benzene rings is 3. The molecule has 0 spiro atoms. The third-order valence-electron chi connectivity index (χ3n) is 4.59. The summed E-state index contributed by atoms with van der Waals surface area (Å²) in [6.45, 7) is 0. The number of furan rings is 1. The van der Waals surface area contributed by atoms with Crippen molar-refractivity contribution in [1.82, 2.24) is 4.72 Å². The van der Waals surface area contributed by atoms with Gasteiger partial charge >= 0.3 is 0 Å². The van der Waals surface area contributed by atoms with E-state index in [1.54, 1.807) is 6.07 Å². The van der Waals surface area contributed by atoms with E-state index in [0.29, 0.717) is 21.4 Å². The molecule has 0 saturated carbocycles. The van der Waals surface area contributed by atoms with Crippen molar-refractivity contribution in [2.75, 3.05) is 0 Å². The van der Waals surface area contributed by atoms with Crippen LogP contribution >= 0.6 is 15.9 Å². The van der Waals surface area contributed by atoms with E-state index in [-0.39, 0.29) is 5.56 Å². The zero-order valence-corrected chi connectivity index (χ0v) is 19.4. The Morgan fingerprint density at radius 1 is 0.875 bits per heavy atom. The second-order valence-electron chi connectivity index (χ2n) is 6.77. The molecule has 8 nitrogen and oxygen atoms in total. The van der Waals surface area contributed by atoms with Crippen molar-refractivity contribution in [3.05, 3.63) is 82.8 Å². The molecule has 0 unspecified atom stereocenters. The van der Waals surface area contributed by atoms with Crippen LogP contribution in [0.1, 0.15) is 10.4 Å². The van der Waals surface area contributed by atoms with E-state index in [9.17, 15) is 21.6 Å². The van der Waals surface area contributed by atoms with E-state index in [1.165, 1.54) is 24.3 Å². The van der Waals surface area contributed by atoms with Crippen LogP contribution in [0.2, 0.25) is 0 Å². The fourth-order valence-electron chi connectivity index (χ4n) is 3.11. The van der Waals surface area contributed by atoms with Gasteiger partial charge in [-0.2, -0.15) is 0 Å².